The topological polar surface area (TPSA) is 69.1 Å². The molecule has 23 heavy (non-hydrogen) atoms. The van der Waals surface area contributed by atoms with Crippen LogP contribution in [0.3, 0.4) is 0 Å². The van der Waals surface area contributed by atoms with E-state index < -0.39 is 8.38 Å². The Labute approximate surface area is 137 Å². The molecule has 7 heteroatoms. The molecular weight excluding hydrogens is 313 g/mol. The van der Waals surface area contributed by atoms with Gasteiger partial charge in [-0.2, -0.15) is 0 Å². The van der Waals surface area contributed by atoms with E-state index in [1.165, 1.54) is 0 Å². The van der Waals surface area contributed by atoms with Crippen molar-refractivity contribution in [2.75, 3.05) is 50.9 Å². The zero-order chi connectivity index (χ0) is 16.2. The van der Waals surface area contributed by atoms with E-state index in [0.717, 1.165) is 55.1 Å². The van der Waals surface area contributed by atoms with E-state index in [-0.39, 0.29) is 0 Å². The molecule has 3 rings (SSSR count). The van der Waals surface area contributed by atoms with Crippen LogP contribution in [0.15, 0.2) is 30.5 Å². The van der Waals surface area contributed by atoms with Gasteiger partial charge in [0, 0.05) is 50.5 Å². The van der Waals surface area contributed by atoms with E-state index in [9.17, 15) is 0 Å². The monoisotopic (exact) mass is 335 g/mol. The van der Waals surface area contributed by atoms with E-state index >= 15 is 0 Å². The van der Waals surface area contributed by atoms with Crippen molar-refractivity contribution in [1.29, 1.82) is 0 Å². The molecule has 1 aliphatic rings. The number of fused-ring (bicyclic) bond motifs is 1. The minimum absolute atomic E-state index is 0.460. The lowest BCUT2D eigenvalue weighted by molar-refractivity contribution is 0.269. The Morgan fingerprint density at radius 1 is 1.17 bits per heavy atom. The predicted molar refractivity (Wildman–Crippen MR) is 93.2 cm³/mol. The molecule has 0 radical (unpaired) electrons. The molecule has 0 bridgehead atoms. The van der Waals surface area contributed by atoms with Crippen LogP contribution < -0.4 is 9.64 Å². The van der Waals surface area contributed by atoms with Gasteiger partial charge in [0.25, 0.3) is 0 Å². The van der Waals surface area contributed by atoms with Gasteiger partial charge in [0.1, 0.15) is 11.6 Å². The molecule has 6 nitrogen and oxygen atoms in total. The second-order valence-corrected chi connectivity index (χ2v) is 6.84. The first-order valence-corrected chi connectivity index (χ1v) is 9.16. The number of pyridine rings is 1. The summed E-state index contributed by atoms with van der Waals surface area (Å²) in [7, 11) is -0.114. The van der Waals surface area contributed by atoms with Gasteiger partial charge in [-0.1, -0.05) is 0 Å². The maximum atomic E-state index is 9.04. The zero-order valence-electron chi connectivity index (χ0n) is 13.2. The fourth-order valence-corrected chi connectivity index (χ4v) is 3.39. The Hall–Kier alpha value is -1.46. The first-order chi connectivity index (χ1) is 11.2. The van der Waals surface area contributed by atoms with Crippen LogP contribution in [0.5, 0.6) is 5.75 Å². The molecule has 1 aromatic heterocycles. The van der Waals surface area contributed by atoms with Crippen molar-refractivity contribution >= 4 is 25.0 Å². The van der Waals surface area contributed by atoms with E-state index in [1.807, 2.05) is 24.4 Å². The van der Waals surface area contributed by atoms with Crippen molar-refractivity contribution in [3.63, 3.8) is 0 Å². The molecule has 2 heterocycles. The van der Waals surface area contributed by atoms with Crippen molar-refractivity contribution in [2.45, 2.75) is 0 Å². The van der Waals surface area contributed by atoms with Gasteiger partial charge in [-0.3, -0.25) is 4.90 Å². The summed E-state index contributed by atoms with van der Waals surface area (Å²) in [5.74, 6) is 1.86. The van der Waals surface area contributed by atoms with Crippen molar-refractivity contribution < 1.29 is 14.5 Å². The van der Waals surface area contributed by atoms with Gasteiger partial charge in [-0.05, 0) is 29.7 Å². The molecule has 0 atom stereocenters. The molecule has 1 fully saturated rings. The highest BCUT2D eigenvalue weighted by Gasteiger charge is 2.20. The van der Waals surface area contributed by atoms with Crippen molar-refractivity contribution in [1.82, 2.24) is 9.88 Å². The van der Waals surface area contributed by atoms with Crippen LogP contribution in [0, 0.1) is 0 Å². The molecule has 2 aromatic rings. The Bertz CT molecular complexity index is 660. The fraction of sp³-hybridized carbons (Fsp3) is 0.438. The third-order valence-corrected chi connectivity index (χ3v) is 4.84. The number of ether oxygens (including phenoxy) is 1. The maximum Gasteiger partial charge on any atom is 0.166 e. The Morgan fingerprint density at radius 3 is 2.65 bits per heavy atom. The minimum Gasteiger partial charge on any atom is -0.497 e. The molecule has 0 unspecified atom stereocenters. The van der Waals surface area contributed by atoms with Gasteiger partial charge in [0.05, 0.1) is 7.11 Å². The van der Waals surface area contributed by atoms with Crippen LogP contribution in [0.25, 0.3) is 10.8 Å². The number of piperazine rings is 1. The number of nitrogens with zero attached hydrogens (tertiary/aromatic N) is 3. The van der Waals surface area contributed by atoms with Crippen LogP contribution in [0.2, 0.25) is 0 Å². The number of aromatic nitrogens is 1. The van der Waals surface area contributed by atoms with Gasteiger partial charge in [-0.25, -0.2) is 4.98 Å². The number of benzene rings is 1. The van der Waals surface area contributed by atoms with E-state index in [2.05, 4.69) is 20.9 Å². The molecule has 0 spiro atoms. The highest BCUT2D eigenvalue weighted by Crippen LogP contribution is 2.28. The molecule has 0 saturated carbocycles. The van der Waals surface area contributed by atoms with E-state index in [1.54, 1.807) is 7.11 Å². The highest BCUT2D eigenvalue weighted by atomic mass is 31.2. The molecule has 1 saturated heterocycles. The van der Waals surface area contributed by atoms with Crippen molar-refractivity contribution in [3.05, 3.63) is 30.5 Å². The smallest absolute Gasteiger partial charge is 0.166 e. The molecule has 1 aliphatic heterocycles. The van der Waals surface area contributed by atoms with Crippen molar-refractivity contribution in [2.24, 2.45) is 0 Å². The van der Waals surface area contributed by atoms with Gasteiger partial charge in [0.2, 0.25) is 0 Å². The van der Waals surface area contributed by atoms with Crippen LogP contribution in [0.1, 0.15) is 0 Å². The Morgan fingerprint density at radius 2 is 1.96 bits per heavy atom. The van der Waals surface area contributed by atoms with Gasteiger partial charge < -0.3 is 19.4 Å². The summed E-state index contributed by atoms with van der Waals surface area (Å²) >= 11 is 0. The summed E-state index contributed by atoms with van der Waals surface area (Å²) < 4.78 is 5.29. The molecule has 2 N–H and O–H groups in total. The lowest BCUT2D eigenvalue weighted by Crippen LogP contribution is -2.47. The molecule has 0 amide bonds. The lowest BCUT2D eigenvalue weighted by Gasteiger charge is -2.35. The highest BCUT2D eigenvalue weighted by molar-refractivity contribution is 7.45. The third kappa shape index (κ3) is 3.90. The lowest BCUT2D eigenvalue weighted by atomic mass is 10.1. The average Bonchev–Trinajstić information content (AvgIpc) is 2.59. The van der Waals surface area contributed by atoms with Gasteiger partial charge in [0.15, 0.2) is 8.38 Å². The van der Waals surface area contributed by atoms with Crippen LogP contribution in [-0.2, 0) is 0 Å². The SMILES string of the molecule is COc1ccc2c(N3CCN(CCP(O)O)CC3)nccc2c1. The van der Waals surface area contributed by atoms with E-state index in [4.69, 9.17) is 14.5 Å². The number of methoxy groups -OCH3 is 1. The molecular formula is C16H22N3O3P. The number of hydrogen-bond acceptors (Lipinski definition) is 6. The van der Waals surface area contributed by atoms with Crippen LogP contribution in [-0.4, -0.2) is 65.7 Å². The molecule has 0 aliphatic carbocycles. The first kappa shape index (κ1) is 16.4. The fourth-order valence-electron chi connectivity index (χ4n) is 2.93. The zero-order valence-corrected chi connectivity index (χ0v) is 14.1. The summed E-state index contributed by atoms with van der Waals surface area (Å²) in [4.78, 5) is 27.2. The first-order valence-electron chi connectivity index (χ1n) is 7.73. The van der Waals surface area contributed by atoms with Crippen LogP contribution in [0.4, 0.5) is 5.82 Å². The van der Waals surface area contributed by atoms with E-state index in [0.29, 0.717) is 6.16 Å². The number of anilines is 1. The third-order valence-electron chi connectivity index (χ3n) is 4.24. The summed E-state index contributed by atoms with van der Waals surface area (Å²) in [5, 5.41) is 2.26. The molecule has 1 aromatic carbocycles. The quantitative estimate of drug-likeness (QED) is 0.810. The Kier molecular flexibility index (Phi) is 5.28. The van der Waals surface area contributed by atoms with Crippen molar-refractivity contribution in [3.8, 4) is 5.75 Å². The number of rotatable bonds is 5. The van der Waals surface area contributed by atoms with Crippen LogP contribution >= 0.6 is 8.38 Å². The Balaban J connectivity index is 1.72. The maximum absolute atomic E-state index is 9.04. The second kappa shape index (κ2) is 7.41. The number of hydrogen-bond donors (Lipinski definition) is 2. The van der Waals surface area contributed by atoms with Gasteiger partial charge >= 0.3 is 0 Å². The average molecular weight is 335 g/mol. The normalized spacial score (nSPS) is 16.3. The van der Waals surface area contributed by atoms with Gasteiger partial charge in [-0.15, -0.1) is 0 Å². The largest absolute Gasteiger partial charge is 0.497 e. The second-order valence-electron chi connectivity index (χ2n) is 5.65. The summed E-state index contributed by atoms with van der Waals surface area (Å²) in [6, 6.07) is 8.06. The predicted octanol–water partition coefficient (Wildman–Crippen LogP) is 1.66. The summed E-state index contributed by atoms with van der Waals surface area (Å²) in [6.07, 6.45) is 2.30. The molecule has 124 valence electrons. The minimum atomic E-state index is -1.79. The summed E-state index contributed by atoms with van der Waals surface area (Å²) in [5.41, 5.74) is 0. The summed E-state index contributed by atoms with van der Waals surface area (Å²) in [6.45, 7) is 4.36. The standard InChI is InChI=1S/C16H22N3O3P/c1-22-14-2-3-15-13(12-14)4-5-17-16(15)19-8-6-18(7-9-19)10-11-23(20)21/h2-5,12,20-21H,6-11H2,1H3.